The van der Waals surface area contributed by atoms with E-state index < -0.39 is 10.0 Å². The maximum Gasteiger partial charge on any atom is 0.271 e. The van der Waals surface area contributed by atoms with E-state index in [4.69, 9.17) is 5.26 Å². The highest BCUT2D eigenvalue weighted by molar-refractivity contribution is 7.94. The molecule has 2 aromatic heterocycles. The Kier molecular flexibility index (Phi) is 3.20. The quantitative estimate of drug-likeness (QED) is 0.777. The minimum Gasteiger partial charge on any atom is -0.358 e. The molecule has 5 nitrogen and oxygen atoms in total. The number of aromatic amines is 1. The van der Waals surface area contributed by atoms with Crippen molar-refractivity contribution in [2.24, 2.45) is 0 Å². The van der Waals surface area contributed by atoms with Crippen LogP contribution in [0.2, 0.25) is 0 Å². The lowest BCUT2D eigenvalue weighted by Crippen LogP contribution is -2.11. The Morgan fingerprint density at radius 1 is 1.33 bits per heavy atom. The number of sulfonamides is 1. The molecule has 0 spiro atoms. The van der Waals surface area contributed by atoms with Crippen molar-refractivity contribution < 1.29 is 8.42 Å². The minimum atomic E-state index is -3.61. The SMILES string of the molecule is Cc1ccc(NS(=O)(=O)c2cccs2)c2[nH]cc(C#N)c12. The topological polar surface area (TPSA) is 85.8 Å². The van der Waals surface area contributed by atoms with Gasteiger partial charge in [0.1, 0.15) is 10.3 Å². The number of hydrogen-bond donors (Lipinski definition) is 2. The molecule has 7 heteroatoms. The predicted octanol–water partition coefficient (Wildman–Crippen LogP) is 3.21. The first kappa shape index (κ1) is 13.7. The van der Waals surface area contributed by atoms with Crippen LogP contribution in [0, 0.1) is 18.3 Å². The molecule has 106 valence electrons. The lowest BCUT2D eigenvalue weighted by molar-refractivity contribution is 0.603. The van der Waals surface area contributed by atoms with Gasteiger partial charge in [0, 0.05) is 11.6 Å². The maximum atomic E-state index is 12.3. The summed E-state index contributed by atoms with van der Waals surface area (Å²) in [6, 6.07) is 8.83. The van der Waals surface area contributed by atoms with Gasteiger partial charge < -0.3 is 4.98 Å². The fourth-order valence-corrected chi connectivity index (χ4v) is 4.27. The number of nitriles is 1. The van der Waals surface area contributed by atoms with Gasteiger partial charge in [-0.25, -0.2) is 8.42 Å². The van der Waals surface area contributed by atoms with Crippen LogP contribution in [-0.2, 0) is 10.0 Å². The predicted molar refractivity (Wildman–Crippen MR) is 82.9 cm³/mol. The van der Waals surface area contributed by atoms with E-state index in [1.165, 1.54) is 0 Å². The zero-order chi connectivity index (χ0) is 15.0. The molecule has 3 aromatic rings. The second kappa shape index (κ2) is 4.91. The van der Waals surface area contributed by atoms with Gasteiger partial charge in [-0.05, 0) is 30.0 Å². The standard InChI is InChI=1S/C14H11N3O2S2/c1-9-4-5-11(14-13(9)10(7-15)8-16-14)17-21(18,19)12-3-2-6-20-12/h2-6,8,16-17H,1H3. The van der Waals surface area contributed by atoms with Gasteiger partial charge in [-0.1, -0.05) is 12.1 Å². The summed E-state index contributed by atoms with van der Waals surface area (Å²) in [7, 11) is -3.61. The third-order valence-electron chi connectivity index (χ3n) is 3.17. The van der Waals surface area contributed by atoms with Crippen molar-refractivity contribution >= 4 is 38.0 Å². The Morgan fingerprint density at radius 3 is 2.81 bits per heavy atom. The number of rotatable bonds is 3. The molecule has 0 radical (unpaired) electrons. The number of aromatic nitrogens is 1. The molecule has 0 fully saturated rings. The van der Waals surface area contributed by atoms with Gasteiger partial charge in [0.2, 0.25) is 0 Å². The number of aryl methyl sites for hydroxylation is 1. The monoisotopic (exact) mass is 317 g/mol. The Labute approximate surface area is 125 Å². The van der Waals surface area contributed by atoms with Crippen molar-refractivity contribution in [1.82, 2.24) is 4.98 Å². The second-order valence-electron chi connectivity index (χ2n) is 4.53. The van der Waals surface area contributed by atoms with E-state index in [2.05, 4.69) is 15.8 Å². The smallest absolute Gasteiger partial charge is 0.271 e. The molecule has 0 saturated carbocycles. The van der Waals surface area contributed by atoms with Crippen LogP contribution in [0.1, 0.15) is 11.1 Å². The Morgan fingerprint density at radius 2 is 2.14 bits per heavy atom. The summed E-state index contributed by atoms with van der Waals surface area (Å²) in [5, 5.41) is 11.6. The van der Waals surface area contributed by atoms with Gasteiger partial charge in [-0.15, -0.1) is 11.3 Å². The molecule has 3 rings (SSSR count). The van der Waals surface area contributed by atoms with E-state index in [1.54, 1.807) is 35.8 Å². The highest BCUT2D eigenvalue weighted by Gasteiger charge is 2.18. The normalized spacial score (nSPS) is 11.4. The summed E-state index contributed by atoms with van der Waals surface area (Å²) in [4.78, 5) is 2.97. The fraction of sp³-hybridized carbons (Fsp3) is 0.0714. The molecule has 0 aliphatic carbocycles. The van der Waals surface area contributed by atoms with Crippen LogP contribution in [0.5, 0.6) is 0 Å². The van der Waals surface area contributed by atoms with Crippen molar-refractivity contribution in [3.05, 3.63) is 47.0 Å². The molecule has 1 aromatic carbocycles. The van der Waals surface area contributed by atoms with Crippen molar-refractivity contribution in [2.45, 2.75) is 11.1 Å². The summed E-state index contributed by atoms with van der Waals surface area (Å²) in [5.41, 5.74) is 2.47. The zero-order valence-corrected chi connectivity index (χ0v) is 12.7. The van der Waals surface area contributed by atoms with Crippen LogP contribution < -0.4 is 4.72 Å². The zero-order valence-electron chi connectivity index (χ0n) is 11.0. The Balaban J connectivity index is 2.13. The first-order valence-electron chi connectivity index (χ1n) is 6.10. The molecule has 0 amide bonds. The van der Waals surface area contributed by atoms with E-state index in [0.717, 1.165) is 22.3 Å². The second-order valence-corrected chi connectivity index (χ2v) is 7.39. The molecule has 2 N–H and O–H groups in total. The third kappa shape index (κ3) is 2.28. The summed E-state index contributed by atoms with van der Waals surface area (Å²) < 4.78 is 27.4. The molecule has 2 heterocycles. The minimum absolute atomic E-state index is 0.253. The van der Waals surface area contributed by atoms with E-state index in [-0.39, 0.29) is 4.21 Å². The Bertz CT molecular complexity index is 948. The number of H-pyrrole nitrogens is 1. The number of thiophene rings is 1. The first-order valence-corrected chi connectivity index (χ1v) is 8.46. The van der Waals surface area contributed by atoms with Gasteiger partial charge in [-0.3, -0.25) is 4.72 Å². The average molecular weight is 317 g/mol. The number of benzene rings is 1. The van der Waals surface area contributed by atoms with Gasteiger partial charge in [0.05, 0.1) is 16.8 Å². The summed E-state index contributed by atoms with van der Waals surface area (Å²) in [6.07, 6.45) is 1.58. The Hall–Kier alpha value is -2.30. The van der Waals surface area contributed by atoms with Gasteiger partial charge in [0.15, 0.2) is 0 Å². The van der Waals surface area contributed by atoms with Gasteiger partial charge in [-0.2, -0.15) is 5.26 Å². The highest BCUT2D eigenvalue weighted by Crippen LogP contribution is 2.30. The van der Waals surface area contributed by atoms with Crippen LogP contribution in [0.15, 0.2) is 40.1 Å². The number of nitrogens with zero attached hydrogens (tertiary/aromatic N) is 1. The summed E-state index contributed by atoms with van der Waals surface area (Å²) in [6.45, 7) is 1.88. The van der Waals surface area contributed by atoms with E-state index in [1.807, 2.05) is 6.92 Å². The van der Waals surface area contributed by atoms with Crippen LogP contribution in [0.25, 0.3) is 10.9 Å². The molecular formula is C14H11N3O2S2. The summed E-state index contributed by atoms with van der Waals surface area (Å²) >= 11 is 1.15. The first-order chi connectivity index (χ1) is 10.0. The molecule has 0 aliphatic rings. The molecule has 0 atom stereocenters. The molecule has 0 aliphatic heterocycles. The van der Waals surface area contributed by atoms with E-state index in [9.17, 15) is 8.42 Å². The lowest BCUT2D eigenvalue weighted by atomic mass is 10.1. The van der Waals surface area contributed by atoms with Crippen molar-refractivity contribution in [3.8, 4) is 6.07 Å². The van der Waals surface area contributed by atoms with Crippen molar-refractivity contribution in [3.63, 3.8) is 0 Å². The lowest BCUT2D eigenvalue weighted by Gasteiger charge is -2.08. The highest BCUT2D eigenvalue weighted by atomic mass is 32.2. The van der Waals surface area contributed by atoms with E-state index >= 15 is 0 Å². The molecule has 0 saturated heterocycles. The number of fused-ring (bicyclic) bond motifs is 1. The molecule has 0 unspecified atom stereocenters. The van der Waals surface area contributed by atoms with Gasteiger partial charge >= 0.3 is 0 Å². The van der Waals surface area contributed by atoms with E-state index in [0.29, 0.717) is 16.8 Å². The number of nitrogens with one attached hydrogen (secondary N) is 2. The molecule has 0 bridgehead atoms. The average Bonchev–Trinajstić information content (AvgIpc) is 3.10. The number of anilines is 1. The number of hydrogen-bond acceptors (Lipinski definition) is 4. The van der Waals surface area contributed by atoms with Crippen LogP contribution in [-0.4, -0.2) is 13.4 Å². The van der Waals surface area contributed by atoms with Crippen LogP contribution >= 0.6 is 11.3 Å². The van der Waals surface area contributed by atoms with Gasteiger partial charge in [0.25, 0.3) is 10.0 Å². The van der Waals surface area contributed by atoms with Crippen LogP contribution in [0.3, 0.4) is 0 Å². The third-order valence-corrected chi connectivity index (χ3v) is 5.93. The largest absolute Gasteiger partial charge is 0.358 e. The maximum absolute atomic E-state index is 12.3. The van der Waals surface area contributed by atoms with Crippen LogP contribution in [0.4, 0.5) is 5.69 Å². The summed E-state index contributed by atoms with van der Waals surface area (Å²) in [5.74, 6) is 0. The van der Waals surface area contributed by atoms with Crippen molar-refractivity contribution in [1.29, 1.82) is 5.26 Å². The molecular weight excluding hydrogens is 306 g/mol. The van der Waals surface area contributed by atoms with Crippen molar-refractivity contribution in [2.75, 3.05) is 4.72 Å². The molecule has 21 heavy (non-hydrogen) atoms. The fourth-order valence-electron chi connectivity index (χ4n) is 2.21.